The normalized spacial score (nSPS) is 17.6. The standard InChI is InChI=1S/C15H17N7O/c1-17-15(23)13-4-6-22(20-13)12-3-2-5-21(10-12)14-9-18-11(7-16)8-19-14/h4,6,8-9,12H,2-3,5,10H2,1H3,(H,17,23)/t12-/m1/s1. The predicted octanol–water partition coefficient (Wildman–Crippen LogP) is 0.746. The number of nitrogens with zero attached hydrogens (tertiary/aromatic N) is 6. The van der Waals surface area contributed by atoms with Crippen molar-refractivity contribution in [1.29, 1.82) is 5.26 Å². The van der Waals surface area contributed by atoms with Crippen LogP contribution < -0.4 is 10.2 Å². The van der Waals surface area contributed by atoms with Crippen LogP contribution in [0.4, 0.5) is 5.82 Å². The maximum Gasteiger partial charge on any atom is 0.271 e. The zero-order chi connectivity index (χ0) is 16.2. The number of carbonyl (C=O) groups is 1. The molecule has 0 unspecified atom stereocenters. The highest BCUT2D eigenvalue weighted by Gasteiger charge is 2.23. The predicted molar refractivity (Wildman–Crippen MR) is 82.8 cm³/mol. The Morgan fingerprint density at radius 2 is 2.30 bits per heavy atom. The van der Waals surface area contributed by atoms with E-state index >= 15 is 0 Å². The van der Waals surface area contributed by atoms with E-state index in [4.69, 9.17) is 5.26 Å². The number of nitrogens with one attached hydrogen (secondary N) is 1. The molecule has 0 aromatic carbocycles. The Balaban J connectivity index is 1.74. The van der Waals surface area contributed by atoms with Crippen molar-refractivity contribution in [2.45, 2.75) is 18.9 Å². The van der Waals surface area contributed by atoms with Crippen LogP contribution in [0.2, 0.25) is 0 Å². The van der Waals surface area contributed by atoms with Gasteiger partial charge in [0, 0.05) is 26.3 Å². The molecule has 1 atom stereocenters. The van der Waals surface area contributed by atoms with Gasteiger partial charge in [0.2, 0.25) is 0 Å². The fourth-order valence-electron chi connectivity index (χ4n) is 2.71. The summed E-state index contributed by atoms with van der Waals surface area (Å²) in [6.07, 6.45) is 6.94. The van der Waals surface area contributed by atoms with Gasteiger partial charge in [0.05, 0.1) is 18.4 Å². The molecule has 23 heavy (non-hydrogen) atoms. The van der Waals surface area contributed by atoms with Crippen molar-refractivity contribution in [2.24, 2.45) is 0 Å². The number of piperidine rings is 1. The van der Waals surface area contributed by atoms with Crippen LogP contribution in [-0.2, 0) is 0 Å². The van der Waals surface area contributed by atoms with Crippen molar-refractivity contribution in [2.75, 3.05) is 25.0 Å². The summed E-state index contributed by atoms with van der Waals surface area (Å²) in [5.41, 5.74) is 0.729. The number of nitriles is 1. The molecule has 3 heterocycles. The maximum atomic E-state index is 11.6. The number of amides is 1. The molecule has 3 rings (SSSR count). The van der Waals surface area contributed by atoms with Crippen molar-refractivity contribution in [3.63, 3.8) is 0 Å². The Morgan fingerprint density at radius 1 is 1.43 bits per heavy atom. The lowest BCUT2D eigenvalue weighted by Crippen LogP contribution is -2.37. The molecule has 1 aliphatic heterocycles. The molecule has 1 amide bonds. The van der Waals surface area contributed by atoms with Gasteiger partial charge in [-0.2, -0.15) is 10.4 Å². The third-order valence-electron chi connectivity index (χ3n) is 3.92. The van der Waals surface area contributed by atoms with E-state index in [1.54, 1.807) is 19.3 Å². The molecule has 8 heteroatoms. The lowest BCUT2D eigenvalue weighted by atomic mass is 10.1. The first-order chi connectivity index (χ1) is 11.2. The first-order valence-corrected chi connectivity index (χ1v) is 7.45. The lowest BCUT2D eigenvalue weighted by molar-refractivity contribution is 0.0957. The van der Waals surface area contributed by atoms with Gasteiger partial charge in [0.15, 0.2) is 5.69 Å². The summed E-state index contributed by atoms with van der Waals surface area (Å²) in [6, 6.07) is 3.87. The molecule has 1 fully saturated rings. The summed E-state index contributed by atoms with van der Waals surface area (Å²) in [6.45, 7) is 1.64. The second-order valence-electron chi connectivity index (χ2n) is 5.37. The van der Waals surface area contributed by atoms with Crippen LogP contribution in [0.25, 0.3) is 0 Å². The van der Waals surface area contributed by atoms with E-state index in [1.165, 1.54) is 6.20 Å². The molecule has 1 aliphatic rings. The molecule has 0 aliphatic carbocycles. The maximum absolute atomic E-state index is 11.6. The topological polar surface area (TPSA) is 99.7 Å². The van der Waals surface area contributed by atoms with E-state index in [2.05, 4.69) is 25.3 Å². The smallest absolute Gasteiger partial charge is 0.271 e. The van der Waals surface area contributed by atoms with Gasteiger partial charge in [-0.05, 0) is 18.9 Å². The van der Waals surface area contributed by atoms with Crippen LogP contribution in [0.3, 0.4) is 0 Å². The van der Waals surface area contributed by atoms with Crippen LogP contribution in [0.5, 0.6) is 0 Å². The molecule has 8 nitrogen and oxygen atoms in total. The fraction of sp³-hybridized carbons (Fsp3) is 0.400. The van der Waals surface area contributed by atoms with E-state index in [-0.39, 0.29) is 11.9 Å². The Labute approximate surface area is 133 Å². The van der Waals surface area contributed by atoms with Crippen LogP contribution >= 0.6 is 0 Å². The average molecular weight is 311 g/mol. The summed E-state index contributed by atoms with van der Waals surface area (Å²) in [4.78, 5) is 22.1. The highest BCUT2D eigenvalue weighted by Crippen LogP contribution is 2.24. The first kappa shape index (κ1) is 15.0. The first-order valence-electron chi connectivity index (χ1n) is 7.45. The van der Waals surface area contributed by atoms with E-state index in [1.807, 2.05) is 16.9 Å². The molecule has 0 bridgehead atoms. The van der Waals surface area contributed by atoms with Crippen molar-refractivity contribution < 1.29 is 4.79 Å². The molecule has 0 saturated carbocycles. The van der Waals surface area contributed by atoms with Crippen LogP contribution in [0.15, 0.2) is 24.7 Å². The summed E-state index contributed by atoms with van der Waals surface area (Å²) < 4.78 is 1.84. The Kier molecular flexibility index (Phi) is 4.19. The van der Waals surface area contributed by atoms with Crippen molar-refractivity contribution >= 4 is 11.7 Å². The zero-order valence-electron chi connectivity index (χ0n) is 12.8. The van der Waals surface area contributed by atoms with E-state index in [0.29, 0.717) is 11.4 Å². The molecule has 1 N–H and O–H groups in total. The summed E-state index contributed by atoms with van der Waals surface area (Å²) in [5, 5.41) is 15.7. The van der Waals surface area contributed by atoms with Crippen molar-refractivity contribution in [1.82, 2.24) is 25.1 Å². The SMILES string of the molecule is CNC(=O)c1ccn([C@@H]2CCCN(c3cnc(C#N)cn3)C2)n1. The highest BCUT2D eigenvalue weighted by atomic mass is 16.1. The summed E-state index contributed by atoms with van der Waals surface area (Å²) in [7, 11) is 1.59. The van der Waals surface area contributed by atoms with Crippen LogP contribution in [-0.4, -0.2) is 45.8 Å². The number of carbonyl (C=O) groups excluding carboxylic acids is 1. The molecular weight excluding hydrogens is 294 g/mol. The second-order valence-corrected chi connectivity index (χ2v) is 5.37. The van der Waals surface area contributed by atoms with E-state index in [0.717, 1.165) is 31.7 Å². The van der Waals surface area contributed by atoms with Crippen molar-refractivity contribution in [3.8, 4) is 6.07 Å². The zero-order valence-corrected chi connectivity index (χ0v) is 12.8. The number of anilines is 1. The van der Waals surface area contributed by atoms with Crippen molar-refractivity contribution in [3.05, 3.63) is 36.0 Å². The van der Waals surface area contributed by atoms with Gasteiger partial charge in [0.25, 0.3) is 5.91 Å². The minimum atomic E-state index is -0.186. The lowest BCUT2D eigenvalue weighted by Gasteiger charge is -2.33. The highest BCUT2D eigenvalue weighted by molar-refractivity contribution is 5.91. The largest absolute Gasteiger partial charge is 0.354 e. The van der Waals surface area contributed by atoms with Gasteiger partial charge in [-0.1, -0.05) is 0 Å². The average Bonchev–Trinajstić information content (AvgIpc) is 3.11. The summed E-state index contributed by atoms with van der Waals surface area (Å²) in [5.74, 6) is 0.571. The van der Waals surface area contributed by atoms with Crippen LogP contribution in [0.1, 0.15) is 35.1 Å². The second kappa shape index (κ2) is 6.44. The monoisotopic (exact) mass is 311 g/mol. The number of hydrogen-bond donors (Lipinski definition) is 1. The van der Waals surface area contributed by atoms with Gasteiger partial charge < -0.3 is 10.2 Å². The van der Waals surface area contributed by atoms with Gasteiger partial charge in [-0.3, -0.25) is 9.48 Å². The van der Waals surface area contributed by atoms with Crippen LogP contribution in [0, 0.1) is 11.3 Å². The quantitative estimate of drug-likeness (QED) is 0.897. The minimum absolute atomic E-state index is 0.180. The van der Waals surface area contributed by atoms with E-state index in [9.17, 15) is 4.79 Å². The Bertz CT molecular complexity index is 731. The third kappa shape index (κ3) is 3.13. The van der Waals surface area contributed by atoms with Gasteiger partial charge in [-0.25, -0.2) is 9.97 Å². The molecule has 1 saturated heterocycles. The van der Waals surface area contributed by atoms with Gasteiger partial charge >= 0.3 is 0 Å². The number of hydrogen-bond acceptors (Lipinski definition) is 6. The molecule has 0 radical (unpaired) electrons. The van der Waals surface area contributed by atoms with Gasteiger partial charge in [0.1, 0.15) is 17.6 Å². The minimum Gasteiger partial charge on any atom is -0.354 e. The fourth-order valence-corrected chi connectivity index (χ4v) is 2.71. The molecule has 118 valence electrons. The molecular formula is C15H17N7O. The molecule has 2 aromatic rings. The number of rotatable bonds is 3. The Hall–Kier alpha value is -2.95. The number of aromatic nitrogens is 4. The summed E-state index contributed by atoms with van der Waals surface area (Å²) >= 11 is 0. The third-order valence-corrected chi connectivity index (χ3v) is 3.92. The Morgan fingerprint density at radius 3 is 3.00 bits per heavy atom. The van der Waals surface area contributed by atoms with Gasteiger partial charge in [-0.15, -0.1) is 0 Å². The van der Waals surface area contributed by atoms with E-state index < -0.39 is 0 Å². The molecule has 0 spiro atoms. The molecule has 2 aromatic heterocycles.